The molecule has 1 heterocycles. The van der Waals surface area contributed by atoms with Gasteiger partial charge in [0.1, 0.15) is 0 Å². The Morgan fingerprint density at radius 3 is 2.33 bits per heavy atom. The summed E-state index contributed by atoms with van der Waals surface area (Å²) in [5.74, 6) is 0. The average Bonchev–Trinajstić information content (AvgIpc) is 2.65. The third-order valence-electron chi connectivity index (χ3n) is 2.58. The molecule has 5 heteroatoms. The van der Waals surface area contributed by atoms with Gasteiger partial charge in [0.15, 0.2) is 0 Å². The number of aliphatic hydroxyl groups excluding tert-OH is 1. The van der Waals surface area contributed by atoms with E-state index in [1.165, 1.54) is 0 Å². The molecule has 0 aliphatic carbocycles. The van der Waals surface area contributed by atoms with E-state index in [1.54, 1.807) is 24.3 Å². The molecule has 1 aromatic rings. The lowest BCUT2D eigenvalue weighted by molar-refractivity contribution is 0.0888. The van der Waals surface area contributed by atoms with Crippen LogP contribution in [0.25, 0.3) is 0 Å². The second-order valence-corrected chi connectivity index (χ2v) is 3.75. The first-order valence-corrected chi connectivity index (χ1v) is 4.92. The van der Waals surface area contributed by atoms with Crippen molar-refractivity contribution >= 4 is 12.6 Å². The molecular weight excluding hydrogens is 195 g/mol. The predicted molar refractivity (Wildman–Crippen MR) is 55.6 cm³/mol. The topological polar surface area (TPSA) is 69.9 Å². The molecule has 80 valence electrons. The van der Waals surface area contributed by atoms with E-state index in [0.29, 0.717) is 18.5 Å². The number of hydrogen-bond donors (Lipinski definition) is 3. The minimum absolute atomic E-state index is 0.0788. The smallest absolute Gasteiger partial charge is 0.423 e. The lowest BCUT2D eigenvalue weighted by Gasteiger charge is -2.09. The summed E-state index contributed by atoms with van der Waals surface area (Å²) in [5, 5.41) is 27.1. The van der Waals surface area contributed by atoms with E-state index < -0.39 is 13.2 Å². The normalized spacial score (nSPS) is 25.5. The van der Waals surface area contributed by atoms with Crippen LogP contribution in [0.4, 0.5) is 0 Å². The van der Waals surface area contributed by atoms with Crippen LogP contribution >= 0.6 is 0 Å². The molecule has 0 amide bonds. The fourth-order valence-corrected chi connectivity index (χ4v) is 1.73. The maximum Gasteiger partial charge on any atom is 0.488 e. The van der Waals surface area contributed by atoms with Crippen LogP contribution in [0.2, 0.25) is 0 Å². The summed E-state index contributed by atoms with van der Waals surface area (Å²) in [7, 11) is -1.44. The van der Waals surface area contributed by atoms with E-state index in [9.17, 15) is 5.11 Å². The first-order chi connectivity index (χ1) is 7.16. The molecule has 2 atom stereocenters. The summed E-state index contributed by atoms with van der Waals surface area (Å²) < 4.78 is 5.38. The highest BCUT2D eigenvalue weighted by Crippen LogP contribution is 2.27. The fraction of sp³-hybridized carbons (Fsp3) is 0.400. The quantitative estimate of drug-likeness (QED) is 0.556. The Balaban J connectivity index is 2.10. The van der Waals surface area contributed by atoms with Crippen LogP contribution in [0.3, 0.4) is 0 Å². The molecular formula is C10H13BO4. The van der Waals surface area contributed by atoms with Crippen LogP contribution in [0.15, 0.2) is 24.3 Å². The van der Waals surface area contributed by atoms with Crippen molar-refractivity contribution in [1.82, 2.24) is 0 Å². The molecule has 0 spiro atoms. The summed E-state index contributed by atoms with van der Waals surface area (Å²) in [6.45, 7) is 0.370. The van der Waals surface area contributed by atoms with Crippen LogP contribution < -0.4 is 5.46 Å². The summed E-state index contributed by atoms with van der Waals surface area (Å²) in [6.07, 6.45) is 0.129. The summed E-state index contributed by atoms with van der Waals surface area (Å²) in [4.78, 5) is 0. The molecule has 1 fully saturated rings. The van der Waals surface area contributed by atoms with Crippen molar-refractivity contribution in [2.75, 3.05) is 6.61 Å². The number of rotatable bonds is 2. The van der Waals surface area contributed by atoms with Crippen LogP contribution in [0.5, 0.6) is 0 Å². The van der Waals surface area contributed by atoms with Gasteiger partial charge in [-0.05, 0) is 11.0 Å². The molecule has 1 aliphatic heterocycles. The van der Waals surface area contributed by atoms with Crippen molar-refractivity contribution in [2.24, 2.45) is 0 Å². The number of ether oxygens (including phenoxy) is 1. The molecule has 4 nitrogen and oxygen atoms in total. The van der Waals surface area contributed by atoms with Gasteiger partial charge in [-0.3, -0.25) is 0 Å². The van der Waals surface area contributed by atoms with Crippen LogP contribution in [-0.4, -0.2) is 35.0 Å². The van der Waals surface area contributed by atoms with Gasteiger partial charge in [-0.25, -0.2) is 0 Å². The lowest BCUT2D eigenvalue weighted by atomic mass is 9.80. The molecule has 2 rings (SSSR count). The maximum absolute atomic E-state index is 9.30. The van der Waals surface area contributed by atoms with Crippen molar-refractivity contribution in [1.29, 1.82) is 0 Å². The molecule has 0 unspecified atom stereocenters. The molecule has 0 aromatic heterocycles. The molecule has 1 aromatic carbocycles. The zero-order valence-electron chi connectivity index (χ0n) is 8.21. The highest BCUT2D eigenvalue weighted by Gasteiger charge is 2.25. The first-order valence-electron chi connectivity index (χ1n) is 4.92. The summed E-state index contributed by atoms with van der Waals surface area (Å²) in [6, 6.07) is 6.87. The van der Waals surface area contributed by atoms with Gasteiger partial charge >= 0.3 is 7.12 Å². The predicted octanol–water partition coefficient (Wildman–Crippen LogP) is -0.811. The van der Waals surface area contributed by atoms with Gasteiger partial charge in [-0.2, -0.15) is 0 Å². The van der Waals surface area contributed by atoms with E-state index in [2.05, 4.69) is 0 Å². The molecule has 1 saturated heterocycles. The average molecular weight is 208 g/mol. The van der Waals surface area contributed by atoms with Gasteiger partial charge in [-0.15, -0.1) is 0 Å². The second-order valence-electron chi connectivity index (χ2n) is 3.75. The van der Waals surface area contributed by atoms with Gasteiger partial charge in [0.05, 0.1) is 18.8 Å². The van der Waals surface area contributed by atoms with Crippen molar-refractivity contribution in [3.8, 4) is 0 Å². The molecule has 0 radical (unpaired) electrons. The Hall–Kier alpha value is -0.875. The van der Waals surface area contributed by atoms with E-state index in [0.717, 1.165) is 5.56 Å². The monoisotopic (exact) mass is 208 g/mol. The van der Waals surface area contributed by atoms with E-state index in [4.69, 9.17) is 14.8 Å². The van der Waals surface area contributed by atoms with Crippen molar-refractivity contribution in [3.63, 3.8) is 0 Å². The Morgan fingerprint density at radius 1 is 1.20 bits per heavy atom. The standard InChI is InChI=1S/C10H13BO4/c12-9-5-10(15-6-9)7-1-3-8(4-2-7)11(13)14/h1-4,9-10,12-14H,5-6H2/t9-,10+/m0/s1. The Labute approximate surface area is 88.3 Å². The van der Waals surface area contributed by atoms with Crippen LogP contribution in [-0.2, 0) is 4.74 Å². The van der Waals surface area contributed by atoms with Gasteiger partial charge in [-0.1, -0.05) is 24.3 Å². The second kappa shape index (κ2) is 4.32. The Morgan fingerprint density at radius 2 is 1.87 bits per heavy atom. The zero-order chi connectivity index (χ0) is 10.8. The fourth-order valence-electron chi connectivity index (χ4n) is 1.73. The third kappa shape index (κ3) is 2.38. The van der Waals surface area contributed by atoms with Crippen molar-refractivity contribution < 1.29 is 19.9 Å². The SMILES string of the molecule is OB(O)c1ccc([C@H]2C[C@H](O)CO2)cc1. The van der Waals surface area contributed by atoms with Gasteiger partial charge in [0.2, 0.25) is 0 Å². The Kier molecular flexibility index (Phi) is 3.07. The van der Waals surface area contributed by atoms with Gasteiger partial charge in [0.25, 0.3) is 0 Å². The number of benzene rings is 1. The first kappa shape index (κ1) is 10.6. The summed E-state index contributed by atoms with van der Waals surface area (Å²) in [5.41, 5.74) is 1.41. The van der Waals surface area contributed by atoms with E-state index >= 15 is 0 Å². The molecule has 0 bridgehead atoms. The van der Waals surface area contributed by atoms with E-state index in [-0.39, 0.29) is 6.10 Å². The number of aliphatic hydroxyl groups is 1. The minimum Gasteiger partial charge on any atom is -0.423 e. The van der Waals surface area contributed by atoms with Crippen molar-refractivity contribution in [2.45, 2.75) is 18.6 Å². The van der Waals surface area contributed by atoms with Crippen LogP contribution in [0, 0.1) is 0 Å². The van der Waals surface area contributed by atoms with Crippen molar-refractivity contribution in [3.05, 3.63) is 29.8 Å². The minimum atomic E-state index is -1.44. The molecule has 1 aliphatic rings. The largest absolute Gasteiger partial charge is 0.488 e. The van der Waals surface area contributed by atoms with Gasteiger partial charge < -0.3 is 19.9 Å². The molecule has 3 N–H and O–H groups in total. The number of hydrogen-bond acceptors (Lipinski definition) is 4. The highest BCUT2D eigenvalue weighted by atomic mass is 16.5. The van der Waals surface area contributed by atoms with Gasteiger partial charge in [0, 0.05) is 6.42 Å². The third-order valence-corrected chi connectivity index (χ3v) is 2.58. The Bertz CT molecular complexity index is 325. The molecule has 0 saturated carbocycles. The van der Waals surface area contributed by atoms with E-state index in [1.807, 2.05) is 0 Å². The maximum atomic E-state index is 9.30. The van der Waals surface area contributed by atoms with Crippen LogP contribution in [0.1, 0.15) is 18.1 Å². The zero-order valence-corrected chi connectivity index (χ0v) is 8.21. The lowest BCUT2D eigenvalue weighted by Crippen LogP contribution is -2.29. The molecule has 15 heavy (non-hydrogen) atoms. The summed E-state index contributed by atoms with van der Waals surface area (Å²) >= 11 is 0. The highest BCUT2D eigenvalue weighted by molar-refractivity contribution is 6.58.